The van der Waals surface area contributed by atoms with Crippen molar-refractivity contribution in [1.82, 2.24) is 9.97 Å². The molecule has 2 heteroatoms. The van der Waals surface area contributed by atoms with Gasteiger partial charge in [0.15, 0.2) is 5.82 Å². The van der Waals surface area contributed by atoms with E-state index in [1.54, 1.807) is 0 Å². The van der Waals surface area contributed by atoms with E-state index < -0.39 is 0 Å². The van der Waals surface area contributed by atoms with Gasteiger partial charge in [-0.15, -0.1) is 0 Å². The van der Waals surface area contributed by atoms with Crippen LogP contribution < -0.4 is 0 Å². The maximum atomic E-state index is 5.55. The predicted molar refractivity (Wildman–Crippen MR) is 254 cm³/mol. The van der Waals surface area contributed by atoms with Gasteiger partial charge in [0.2, 0.25) is 0 Å². The quantitative estimate of drug-likeness (QED) is 0.174. The topological polar surface area (TPSA) is 25.8 Å². The fraction of sp³-hybridized carbons (Fsp3) is 0.0847. The van der Waals surface area contributed by atoms with Crippen molar-refractivity contribution in [1.29, 1.82) is 0 Å². The van der Waals surface area contributed by atoms with Crippen molar-refractivity contribution in [3.63, 3.8) is 0 Å². The molecule has 0 aliphatic heterocycles. The molecular weight excluding hydrogens is 737 g/mol. The fourth-order valence-corrected chi connectivity index (χ4v) is 10.9. The van der Waals surface area contributed by atoms with E-state index in [-0.39, 0.29) is 10.8 Å². The molecule has 288 valence electrons. The van der Waals surface area contributed by atoms with Crippen LogP contribution in [0.5, 0.6) is 0 Å². The van der Waals surface area contributed by atoms with Crippen molar-refractivity contribution in [3.05, 3.63) is 228 Å². The van der Waals surface area contributed by atoms with Crippen LogP contribution in [0.1, 0.15) is 48.6 Å². The summed E-state index contributed by atoms with van der Waals surface area (Å²) in [5.41, 5.74) is 18.8. The van der Waals surface area contributed by atoms with E-state index in [0.29, 0.717) is 5.82 Å². The number of benzene rings is 9. The Morgan fingerprint density at radius 2 is 0.951 bits per heavy atom. The van der Waals surface area contributed by atoms with Crippen LogP contribution in [0.2, 0.25) is 0 Å². The fourth-order valence-electron chi connectivity index (χ4n) is 10.9. The molecule has 2 aliphatic carbocycles. The van der Waals surface area contributed by atoms with E-state index in [1.807, 2.05) is 0 Å². The van der Waals surface area contributed by atoms with Crippen molar-refractivity contribution in [3.8, 4) is 67.3 Å². The summed E-state index contributed by atoms with van der Waals surface area (Å²) in [6.45, 7) is 7.12. The van der Waals surface area contributed by atoms with Gasteiger partial charge in [-0.05, 0) is 108 Å². The lowest BCUT2D eigenvalue weighted by Gasteiger charge is -2.30. The second kappa shape index (κ2) is 13.3. The Bertz CT molecular complexity index is 3400. The smallest absolute Gasteiger partial charge is 0.161 e. The van der Waals surface area contributed by atoms with E-state index in [4.69, 9.17) is 9.97 Å². The highest BCUT2D eigenvalue weighted by molar-refractivity contribution is 6.06. The van der Waals surface area contributed by atoms with Gasteiger partial charge in [0.1, 0.15) is 0 Å². The third-order valence-electron chi connectivity index (χ3n) is 13.8. The van der Waals surface area contributed by atoms with Gasteiger partial charge < -0.3 is 0 Å². The highest BCUT2D eigenvalue weighted by Gasteiger charge is 2.43. The molecule has 0 fully saturated rings. The summed E-state index contributed by atoms with van der Waals surface area (Å²) in [6.07, 6.45) is 0. The second-order valence-electron chi connectivity index (χ2n) is 17.4. The Morgan fingerprint density at radius 1 is 0.344 bits per heavy atom. The second-order valence-corrected chi connectivity index (χ2v) is 17.4. The molecule has 1 atom stereocenters. The number of nitrogens with zero attached hydrogens (tertiary/aromatic N) is 2. The van der Waals surface area contributed by atoms with Gasteiger partial charge in [0.25, 0.3) is 0 Å². The van der Waals surface area contributed by atoms with Crippen LogP contribution in [0.3, 0.4) is 0 Å². The van der Waals surface area contributed by atoms with Crippen LogP contribution in [0, 0.1) is 0 Å². The number of hydrogen-bond acceptors (Lipinski definition) is 2. The van der Waals surface area contributed by atoms with Crippen molar-refractivity contribution >= 4 is 21.5 Å². The molecule has 1 unspecified atom stereocenters. The largest absolute Gasteiger partial charge is 0.228 e. The Kier molecular flexibility index (Phi) is 7.74. The number of rotatable bonds is 5. The molecule has 2 aliphatic rings. The third kappa shape index (κ3) is 5.22. The Labute approximate surface area is 356 Å². The first-order valence-electron chi connectivity index (χ1n) is 21.3. The summed E-state index contributed by atoms with van der Waals surface area (Å²) < 4.78 is 0. The molecule has 0 saturated carbocycles. The van der Waals surface area contributed by atoms with Gasteiger partial charge in [-0.3, -0.25) is 0 Å². The molecule has 0 spiro atoms. The molecule has 1 aromatic heterocycles. The summed E-state index contributed by atoms with van der Waals surface area (Å²) >= 11 is 0. The maximum Gasteiger partial charge on any atom is 0.161 e. The van der Waals surface area contributed by atoms with Crippen LogP contribution in [0.25, 0.3) is 88.8 Å². The summed E-state index contributed by atoms with van der Waals surface area (Å²) in [6, 6.07) is 73.0. The lowest BCUT2D eigenvalue weighted by Crippen LogP contribution is -2.23. The van der Waals surface area contributed by atoms with Crippen LogP contribution in [-0.4, -0.2) is 9.97 Å². The highest BCUT2D eigenvalue weighted by atomic mass is 14.9. The van der Waals surface area contributed by atoms with E-state index in [2.05, 4.69) is 221 Å². The van der Waals surface area contributed by atoms with Crippen LogP contribution in [-0.2, 0) is 10.8 Å². The van der Waals surface area contributed by atoms with E-state index in [0.717, 1.165) is 33.5 Å². The zero-order chi connectivity index (χ0) is 40.9. The van der Waals surface area contributed by atoms with E-state index >= 15 is 0 Å². The number of fused-ring (bicyclic) bond motifs is 9. The van der Waals surface area contributed by atoms with Crippen LogP contribution in [0.15, 0.2) is 200 Å². The van der Waals surface area contributed by atoms with E-state index in [1.165, 1.54) is 77.4 Å². The molecule has 0 N–H and O–H groups in total. The normalized spacial score (nSPS) is 15.7. The zero-order valence-corrected chi connectivity index (χ0v) is 34.4. The summed E-state index contributed by atoms with van der Waals surface area (Å²) in [5, 5.41) is 4.93. The highest BCUT2D eigenvalue weighted by Crippen LogP contribution is 2.56. The molecule has 0 amide bonds. The minimum atomic E-state index is -0.380. The lowest BCUT2D eigenvalue weighted by molar-refractivity contribution is 0.666. The minimum Gasteiger partial charge on any atom is -0.228 e. The molecule has 12 rings (SSSR count). The van der Waals surface area contributed by atoms with Crippen molar-refractivity contribution in [2.45, 2.75) is 31.6 Å². The molecule has 61 heavy (non-hydrogen) atoms. The summed E-state index contributed by atoms with van der Waals surface area (Å²) in [4.78, 5) is 10.9. The molecule has 1 heterocycles. The van der Waals surface area contributed by atoms with Gasteiger partial charge in [-0.1, -0.05) is 196 Å². The molecule has 10 aromatic rings. The average molecular weight is 779 g/mol. The molecule has 0 radical (unpaired) electrons. The van der Waals surface area contributed by atoms with E-state index in [9.17, 15) is 0 Å². The van der Waals surface area contributed by atoms with Gasteiger partial charge in [-0.2, -0.15) is 0 Å². The van der Waals surface area contributed by atoms with Crippen LogP contribution >= 0.6 is 0 Å². The Hall–Kier alpha value is -7.42. The standard InChI is InChI=1S/C59H42N2/c1-58(2)51-34-30-39(35-50(51)47-31-29-37-17-10-11-22-42(37)55(47)58)41-32-33-48(44-24-13-12-23-43(41)44)57-60-53(38-18-6-4-7-19-38)36-54(61-57)49-27-16-26-46-45-25-14-15-28-52(45)59(3,56(46)49)40-20-8-5-9-21-40/h4-36H,1-3H3. The lowest BCUT2D eigenvalue weighted by atomic mass is 9.72. The molecule has 0 bridgehead atoms. The van der Waals surface area contributed by atoms with Crippen molar-refractivity contribution in [2.24, 2.45) is 0 Å². The first-order valence-corrected chi connectivity index (χ1v) is 21.3. The van der Waals surface area contributed by atoms with Gasteiger partial charge >= 0.3 is 0 Å². The minimum absolute atomic E-state index is 0.102. The maximum absolute atomic E-state index is 5.55. The number of aromatic nitrogens is 2. The Balaban J connectivity index is 1.05. The van der Waals surface area contributed by atoms with Gasteiger partial charge in [0.05, 0.1) is 11.4 Å². The SMILES string of the molecule is CC1(C)c2ccc(-c3ccc(-c4nc(-c5ccccc5)cc(-c5cccc6c5C(C)(c5ccccc5)c5ccccc5-6)n4)c4ccccc34)cc2-c2ccc3ccccc3c21. The summed E-state index contributed by atoms with van der Waals surface area (Å²) in [5.74, 6) is 0.713. The van der Waals surface area contributed by atoms with Gasteiger partial charge in [-0.25, -0.2) is 9.97 Å². The number of hydrogen-bond donors (Lipinski definition) is 0. The summed E-state index contributed by atoms with van der Waals surface area (Å²) in [7, 11) is 0. The molecule has 0 saturated heterocycles. The molecule has 9 aromatic carbocycles. The predicted octanol–water partition coefficient (Wildman–Crippen LogP) is 15.1. The third-order valence-corrected chi connectivity index (χ3v) is 13.8. The van der Waals surface area contributed by atoms with Gasteiger partial charge in [0, 0.05) is 27.5 Å². The molecular formula is C59H42N2. The monoisotopic (exact) mass is 778 g/mol. The average Bonchev–Trinajstić information content (AvgIpc) is 3.73. The first-order chi connectivity index (χ1) is 29.9. The van der Waals surface area contributed by atoms with Crippen molar-refractivity contribution < 1.29 is 0 Å². The first kappa shape index (κ1) is 35.5. The molecule has 2 nitrogen and oxygen atoms in total. The Morgan fingerprint density at radius 3 is 1.77 bits per heavy atom. The van der Waals surface area contributed by atoms with Crippen LogP contribution in [0.4, 0.5) is 0 Å². The zero-order valence-electron chi connectivity index (χ0n) is 34.4. The van der Waals surface area contributed by atoms with Crippen molar-refractivity contribution in [2.75, 3.05) is 0 Å².